The SMILES string of the molecule is Nc1nc(OCCC2CC2)cc2c1CC(=O)CN2Cc1cccc(CN2CCCC2)c1. The minimum Gasteiger partial charge on any atom is -0.478 e. The van der Waals surface area contributed by atoms with Crippen molar-refractivity contribution in [1.29, 1.82) is 0 Å². The number of nitrogen functional groups attached to an aromatic ring is 1. The number of rotatable bonds is 8. The Kier molecular flexibility index (Phi) is 5.81. The van der Waals surface area contributed by atoms with Gasteiger partial charge in [-0.25, -0.2) is 0 Å². The van der Waals surface area contributed by atoms with E-state index in [4.69, 9.17) is 10.5 Å². The molecule has 2 aromatic rings. The number of carbonyl (C=O) groups is 1. The number of nitrogens with zero attached hydrogens (tertiary/aromatic N) is 3. The number of benzene rings is 1. The number of Topliss-reactive ketones (excluding diaryl/α,β-unsaturated/α-hetero) is 1. The summed E-state index contributed by atoms with van der Waals surface area (Å²) in [4.78, 5) is 21.5. The van der Waals surface area contributed by atoms with Gasteiger partial charge >= 0.3 is 0 Å². The third kappa shape index (κ3) is 5.01. The molecule has 6 nitrogen and oxygen atoms in total. The van der Waals surface area contributed by atoms with Crippen LogP contribution in [0.3, 0.4) is 0 Å². The van der Waals surface area contributed by atoms with E-state index in [2.05, 4.69) is 39.0 Å². The van der Waals surface area contributed by atoms with Crippen molar-refractivity contribution in [2.75, 3.05) is 36.9 Å². The number of ether oxygens (including phenoxy) is 1. The molecule has 1 saturated heterocycles. The highest BCUT2D eigenvalue weighted by atomic mass is 16.5. The van der Waals surface area contributed by atoms with Crippen LogP contribution in [0, 0.1) is 5.92 Å². The highest BCUT2D eigenvalue weighted by Gasteiger charge is 2.27. The molecule has 0 bridgehead atoms. The molecule has 0 unspecified atom stereocenters. The van der Waals surface area contributed by atoms with Crippen molar-refractivity contribution in [3.63, 3.8) is 0 Å². The van der Waals surface area contributed by atoms with Crippen LogP contribution in [0.1, 0.15) is 48.8 Å². The lowest BCUT2D eigenvalue weighted by atomic mass is 10.0. The Morgan fingerprint density at radius 2 is 1.87 bits per heavy atom. The number of carbonyl (C=O) groups excluding carboxylic acids is 1. The van der Waals surface area contributed by atoms with Gasteiger partial charge in [-0.3, -0.25) is 9.69 Å². The number of likely N-dealkylation sites (tertiary alicyclic amines) is 1. The van der Waals surface area contributed by atoms with E-state index in [9.17, 15) is 4.79 Å². The van der Waals surface area contributed by atoms with Gasteiger partial charge in [0, 0.05) is 31.1 Å². The second-order valence-electron chi connectivity index (χ2n) is 9.30. The molecular formula is C25H32N4O2. The van der Waals surface area contributed by atoms with Crippen molar-refractivity contribution in [3.8, 4) is 5.88 Å². The highest BCUT2D eigenvalue weighted by Crippen LogP contribution is 2.35. The summed E-state index contributed by atoms with van der Waals surface area (Å²) >= 11 is 0. The average Bonchev–Trinajstić information content (AvgIpc) is 3.43. The molecule has 1 saturated carbocycles. The van der Waals surface area contributed by atoms with Crippen LogP contribution in [0.25, 0.3) is 0 Å². The number of fused-ring (bicyclic) bond motifs is 1. The van der Waals surface area contributed by atoms with Gasteiger partial charge in [0.15, 0.2) is 5.78 Å². The molecule has 0 atom stereocenters. The molecule has 31 heavy (non-hydrogen) atoms. The second-order valence-corrected chi connectivity index (χ2v) is 9.30. The fourth-order valence-corrected chi connectivity index (χ4v) is 4.77. The van der Waals surface area contributed by atoms with E-state index in [0.29, 0.717) is 37.8 Å². The Morgan fingerprint density at radius 3 is 2.65 bits per heavy atom. The van der Waals surface area contributed by atoms with E-state index in [-0.39, 0.29) is 5.78 Å². The number of hydrogen-bond donors (Lipinski definition) is 1. The molecule has 0 radical (unpaired) electrons. The number of hydrogen-bond acceptors (Lipinski definition) is 6. The summed E-state index contributed by atoms with van der Waals surface area (Å²) in [5.41, 5.74) is 10.6. The average molecular weight is 421 g/mol. The summed E-state index contributed by atoms with van der Waals surface area (Å²) in [5, 5.41) is 0. The Bertz CT molecular complexity index is 951. The van der Waals surface area contributed by atoms with Crippen LogP contribution in [0.4, 0.5) is 11.5 Å². The molecule has 1 aliphatic carbocycles. The fraction of sp³-hybridized carbons (Fsp3) is 0.520. The molecule has 2 N–H and O–H groups in total. The van der Waals surface area contributed by atoms with Gasteiger partial charge in [0.25, 0.3) is 0 Å². The van der Waals surface area contributed by atoms with Crippen LogP contribution in [0.5, 0.6) is 5.88 Å². The summed E-state index contributed by atoms with van der Waals surface area (Å²) in [6.07, 6.45) is 6.65. The largest absolute Gasteiger partial charge is 0.478 e. The zero-order chi connectivity index (χ0) is 21.2. The lowest BCUT2D eigenvalue weighted by molar-refractivity contribution is -0.117. The maximum Gasteiger partial charge on any atom is 0.217 e. The van der Waals surface area contributed by atoms with E-state index >= 15 is 0 Å². The Balaban J connectivity index is 1.33. The molecule has 1 aromatic carbocycles. The van der Waals surface area contributed by atoms with Gasteiger partial charge in [0.1, 0.15) is 5.82 Å². The number of nitrogens with two attached hydrogens (primary N) is 1. The lowest BCUT2D eigenvalue weighted by Gasteiger charge is -2.31. The monoisotopic (exact) mass is 420 g/mol. The van der Waals surface area contributed by atoms with Crippen LogP contribution in [-0.2, 0) is 24.3 Å². The molecule has 2 aliphatic heterocycles. The molecule has 164 valence electrons. The number of ketones is 1. The van der Waals surface area contributed by atoms with Gasteiger partial charge in [0.05, 0.1) is 18.8 Å². The normalized spacial score (nSPS) is 19.0. The van der Waals surface area contributed by atoms with Crippen LogP contribution >= 0.6 is 0 Å². The van der Waals surface area contributed by atoms with Crippen molar-refractivity contribution >= 4 is 17.3 Å². The zero-order valence-corrected chi connectivity index (χ0v) is 18.2. The minimum atomic E-state index is 0.177. The first-order valence-electron chi connectivity index (χ1n) is 11.6. The van der Waals surface area contributed by atoms with Gasteiger partial charge in [0.2, 0.25) is 5.88 Å². The third-order valence-corrected chi connectivity index (χ3v) is 6.63. The maximum atomic E-state index is 12.5. The molecule has 6 heteroatoms. The summed E-state index contributed by atoms with van der Waals surface area (Å²) in [7, 11) is 0. The Morgan fingerprint density at radius 1 is 1.10 bits per heavy atom. The zero-order valence-electron chi connectivity index (χ0n) is 18.2. The van der Waals surface area contributed by atoms with Crippen LogP contribution in [0.2, 0.25) is 0 Å². The number of aromatic nitrogens is 1. The summed E-state index contributed by atoms with van der Waals surface area (Å²) in [6.45, 7) is 5.13. The third-order valence-electron chi connectivity index (χ3n) is 6.63. The van der Waals surface area contributed by atoms with Crippen LogP contribution < -0.4 is 15.4 Å². The van der Waals surface area contributed by atoms with Crippen molar-refractivity contribution in [2.24, 2.45) is 5.92 Å². The lowest BCUT2D eigenvalue weighted by Crippen LogP contribution is -2.36. The van der Waals surface area contributed by atoms with E-state index < -0.39 is 0 Å². The summed E-state index contributed by atoms with van der Waals surface area (Å²) < 4.78 is 5.91. The minimum absolute atomic E-state index is 0.177. The van der Waals surface area contributed by atoms with Crippen molar-refractivity contribution in [1.82, 2.24) is 9.88 Å². The van der Waals surface area contributed by atoms with Crippen molar-refractivity contribution < 1.29 is 9.53 Å². The van der Waals surface area contributed by atoms with Gasteiger partial charge in [-0.05, 0) is 49.4 Å². The smallest absolute Gasteiger partial charge is 0.217 e. The predicted molar refractivity (Wildman–Crippen MR) is 122 cm³/mol. The molecule has 0 amide bonds. The highest BCUT2D eigenvalue weighted by molar-refractivity contribution is 5.92. The van der Waals surface area contributed by atoms with E-state index in [1.54, 1.807) is 0 Å². The molecular weight excluding hydrogens is 388 g/mol. The molecule has 1 aromatic heterocycles. The molecule has 3 heterocycles. The Labute approximate surface area is 184 Å². The number of anilines is 2. The quantitative estimate of drug-likeness (QED) is 0.704. The van der Waals surface area contributed by atoms with Crippen molar-refractivity contribution in [3.05, 3.63) is 47.0 Å². The fourth-order valence-electron chi connectivity index (χ4n) is 4.77. The van der Waals surface area contributed by atoms with E-state index in [1.807, 2.05) is 6.07 Å². The van der Waals surface area contributed by atoms with Gasteiger partial charge < -0.3 is 15.4 Å². The van der Waals surface area contributed by atoms with Gasteiger partial charge in [-0.1, -0.05) is 37.1 Å². The van der Waals surface area contributed by atoms with Gasteiger partial charge in [-0.2, -0.15) is 4.98 Å². The van der Waals surface area contributed by atoms with Crippen LogP contribution in [0.15, 0.2) is 30.3 Å². The predicted octanol–water partition coefficient (Wildman–Crippen LogP) is 3.57. The molecule has 5 rings (SSSR count). The molecule has 3 aliphatic rings. The Hall–Kier alpha value is -2.60. The first-order chi connectivity index (χ1) is 15.1. The maximum absolute atomic E-state index is 12.5. The van der Waals surface area contributed by atoms with Crippen LogP contribution in [-0.4, -0.2) is 41.9 Å². The van der Waals surface area contributed by atoms with E-state index in [0.717, 1.165) is 30.1 Å². The first-order valence-corrected chi connectivity index (χ1v) is 11.6. The molecule has 0 spiro atoms. The topological polar surface area (TPSA) is 71.7 Å². The standard InChI is InChI=1S/C25H32N4O2/c26-25-22-13-21(30)17-29(23(22)14-24(27-25)31-11-8-18-6-7-18)16-20-5-3-4-19(12-20)15-28-9-1-2-10-28/h3-5,12,14,18H,1-2,6-11,13,15-17H2,(H2,26,27). The summed E-state index contributed by atoms with van der Waals surface area (Å²) in [6, 6.07) is 10.7. The first kappa shape index (κ1) is 20.3. The second kappa shape index (κ2) is 8.87. The van der Waals surface area contributed by atoms with Crippen molar-refractivity contribution in [2.45, 2.75) is 51.6 Å². The van der Waals surface area contributed by atoms with E-state index in [1.165, 1.54) is 49.9 Å². The summed E-state index contributed by atoms with van der Waals surface area (Å²) in [5.74, 6) is 1.98. The number of pyridine rings is 1. The van der Waals surface area contributed by atoms with Gasteiger partial charge in [-0.15, -0.1) is 0 Å². The molecule has 2 fully saturated rings.